The lowest BCUT2D eigenvalue weighted by atomic mass is 10.1. The number of rotatable bonds is 4. The summed E-state index contributed by atoms with van der Waals surface area (Å²) in [7, 11) is 0. The van der Waals surface area contributed by atoms with Gasteiger partial charge in [-0.1, -0.05) is 39.6 Å². The van der Waals surface area contributed by atoms with Gasteiger partial charge in [-0.3, -0.25) is 0 Å². The summed E-state index contributed by atoms with van der Waals surface area (Å²) < 4.78 is 5.13. The first-order valence-electron chi connectivity index (χ1n) is 7.05. The topological polar surface area (TPSA) is 77.6 Å². The summed E-state index contributed by atoms with van der Waals surface area (Å²) in [6.07, 6.45) is 1.64. The number of carbonyl (C=O) groups excluding carboxylic acids is 1. The van der Waals surface area contributed by atoms with Crippen LogP contribution in [0.4, 0.5) is 0 Å². The number of thiazole rings is 1. The van der Waals surface area contributed by atoms with Crippen LogP contribution in [0.2, 0.25) is 10.0 Å². The van der Waals surface area contributed by atoms with Gasteiger partial charge in [0.1, 0.15) is 27.7 Å². The zero-order valence-electron chi connectivity index (χ0n) is 13.1. The lowest BCUT2D eigenvalue weighted by Gasteiger charge is -2.05. The molecule has 128 valence electrons. The first-order valence-corrected chi connectivity index (χ1v) is 8.69. The second kappa shape index (κ2) is 7.35. The number of benzene rings is 1. The lowest BCUT2D eigenvalue weighted by molar-refractivity contribution is 0.0515. The monoisotopic (exact) mass is 395 g/mol. The van der Waals surface area contributed by atoms with Crippen LogP contribution in [-0.4, -0.2) is 21.8 Å². The molecule has 0 aliphatic carbocycles. The molecule has 0 amide bonds. The van der Waals surface area contributed by atoms with E-state index in [2.05, 4.69) is 15.3 Å². The van der Waals surface area contributed by atoms with E-state index in [1.165, 1.54) is 11.3 Å². The molecule has 0 aliphatic heterocycles. The van der Waals surface area contributed by atoms with Crippen LogP contribution in [-0.2, 0) is 4.84 Å². The number of hydrogen-bond acceptors (Lipinski definition) is 7. The van der Waals surface area contributed by atoms with E-state index in [4.69, 9.17) is 32.6 Å². The van der Waals surface area contributed by atoms with Gasteiger partial charge >= 0.3 is 5.97 Å². The number of hydrogen-bond donors (Lipinski definition) is 0. The summed E-state index contributed by atoms with van der Waals surface area (Å²) in [5.74, 6) is -0.446. The second-order valence-electron chi connectivity index (χ2n) is 4.95. The highest BCUT2D eigenvalue weighted by Crippen LogP contribution is 2.36. The Morgan fingerprint density at radius 1 is 1.32 bits per heavy atom. The third-order valence-electron chi connectivity index (χ3n) is 3.27. The van der Waals surface area contributed by atoms with E-state index in [-0.39, 0.29) is 17.0 Å². The summed E-state index contributed by atoms with van der Waals surface area (Å²) in [6.45, 7) is 3.29. The van der Waals surface area contributed by atoms with Crippen LogP contribution in [0.25, 0.3) is 11.3 Å². The van der Waals surface area contributed by atoms with E-state index < -0.39 is 5.97 Å². The van der Waals surface area contributed by atoms with Gasteiger partial charge in [0.25, 0.3) is 0 Å². The third-order valence-corrected chi connectivity index (χ3v) is 4.79. The van der Waals surface area contributed by atoms with Crippen molar-refractivity contribution in [2.45, 2.75) is 13.8 Å². The molecule has 1 aromatic carbocycles. The van der Waals surface area contributed by atoms with Crippen LogP contribution in [0.5, 0.6) is 0 Å². The Bertz CT molecular complexity index is 931. The summed E-state index contributed by atoms with van der Waals surface area (Å²) in [5, 5.41) is 10.9. The number of oxime groups is 1. The molecule has 0 aliphatic rings. The molecular formula is C16H11Cl2N3O3S. The van der Waals surface area contributed by atoms with E-state index in [9.17, 15) is 4.79 Å². The van der Waals surface area contributed by atoms with E-state index in [1.807, 2.05) is 0 Å². The predicted octanol–water partition coefficient (Wildman–Crippen LogP) is 4.99. The third kappa shape index (κ3) is 3.58. The molecule has 0 saturated carbocycles. The predicted molar refractivity (Wildman–Crippen MR) is 96.4 cm³/mol. The average molecular weight is 396 g/mol. The Labute approximate surface area is 157 Å². The molecule has 25 heavy (non-hydrogen) atoms. The van der Waals surface area contributed by atoms with Crippen LogP contribution >= 0.6 is 34.5 Å². The maximum atomic E-state index is 12.5. The van der Waals surface area contributed by atoms with Crippen molar-refractivity contribution in [1.82, 2.24) is 10.1 Å². The van der Waals surface area contributed by atoms with Crippen LogP contribution < -0.4 is 0 Å². The summed E-state index contributed by atoms with van der Waals surface area (Å²) in [6, 6.07) is 4.99. The first kappa shape index (κ1) is 17.6. The zero-order chi connectivity index (χ0) is 18.0. The Balaban J connectivity index is 1.94. The Morgan fingerprint density at radius 2 is 2.04 bits per heavy atom. The molecule has 0 spiro atoms. The highest BCUT2D eigenvalue weighted by molar-refractivity contribution is 7.11. The molecule has 0 N–H and O–H groups in total. The van der Waals surface area contributed by atoms with Crippen LogP contribution in [0.15, 0.2) is 39.5 Å². The standard InChI is InChI=1S/C16H11Cl2N3O3S/c1-8(15-19-6-7-25-15)20-24-16(22)12-9(2)23-21-14(12)13-10(17)4-3-5-11(13)18/h3-7H,1-2H3/b20-8-. The highest BCUT2D eigenvalue weighted by atomic mass is 35.5. The fourth-order valence-electron chi connectivity index (χ4n) is 2.10. The lowest BCUT2D eigenvalue weighted by Crippen LogP contribution is -2.06. The molecule has 2 aromatic heterocycles. The van der Waals surface area contributed by atoms with Crippen molar-refractivity contribution in [2.24, 2.45) is 5.16 Å². The summed E-state index contributed by atoms with van der Waals surface area (Å²) >= 11 is 13.8. The maximum Gasteiger partial charge on any atom is 0.371 e. The number of nitrogens with zero attached hydrogens (tertiary/aromatic N) is 3. The Kier molecular flexibility index (Phi) is 5.17. The van der Waals surface area contributed by atoms with Gasteiger partial charge in [0.05, 0.1) is 10.0 Å². The van der Waals surface area contributed by atoms with E-state index in [0.29, 0.717) is 26.3 Å². The van der Waals surface area contributed by atoms with Crippen LogP contribution in [0.1, 0.15) is 28.0 Å². The Morgan fingerprint density at radius 3 is 2.68 bits per heavy atom. The number of aryl methyl sites for hydroxylation is 1. The van der Waals surface area contributed by atoms with Gasteiger partial charge in [-0.2, -0.15) is 0 Å². The van der Waals surface area contributed by atoms with Crippen molar-refractivity contribution in [3.63, 3.8) is 0 Å². The quantitative estimate of drug-likeness (QED) is 0.353. The van der Waals surface area contributed by atoms with Crippen molar-refractivity contribution in [1.29, 1.82) is 0 Å². The minimum atomic E-state index is -0.722. The average Bonchev–Trinajstić information content (AvgIpc) is 3.22. The van der Waals surface area contributed by atoms with Gasteiger partial charge in [-0.15, -0.1) is 11.3 Å². The number of halogens is 2. The number of carbonyl (C=O) groups is 1. The van der Waals surface area contributed by atoms with Crippen molar-refractivity contribution in [2.75, 3.05) is 0 Å². The molecule has 9 heteroatoms. The van der Waals surface area contributed by atoms with Crippen molar-refractivity contribution < 1.29 is 14.2 Å². The normalized spacial score (nSPS) is 11.6. The molecule has 3 rings (SSSR count). The highest BCUT2D eigenvalue weighted by Gasteiger charge is 2.26. The first-order chi connectivity index (χ1) is 12.0. The smallest absolute Gasteiger partial charge is 0.360 e. The Hall–Kier alpha value is -2.22. The molecule has 3 aromatic rings. The molecule has 0 fully saturated rings. The second-order valence-corrected chi connectivity index (χ2v) is 6.66. The van der Waals surface area contributed by atoms with Crippen LogP contribution in [0, 0.1) is 6.92 Å². The molecule has 0 bridgehead atoms. The fraction of sp³-hybridized carbons (Fsp3) is 0.125. The van der Waals surface area contributed by atoms with Crippen molar-refractivity contribution in [3.8, 4) is 11.3 Å². The van der Waals surface area contributed by atoms with Crippen LogP contribution in [0.3, 0.4) is 0 Å². The molecule has 0 unspecified atom stereocenters. The van der Waals surface area contributed by atoms with Gasteiger partial charge in [-0.05, 0) is 26.0 Å². The van der Waals surface area contributed by atoms with E-state index in [1.54, 1.807) is 43.6 Å². The van der Waals surface area contributed by atoms with Gasteiger partial charge in [0, 0.05) is 17.1 Å². The van der Waals surface area contributed by atoms with E-state index >= 15 is 0 Å². The summed E-state index contributed by atoms with van der Waals surface area (Å²) in [4.78, 5) is 21.6. The molecule has 0 saturated heterocycles. The molecule has 0 atom stereocenters. The van der Waals surface area contributed by atoms with E-state index in [0.717, 1.165) is 0 Å². The molecule has 0 radical (unpaired) electrons. The zero-order valence-corrected chi connectivity index (χ0v) is 15.4. The van der Waals surface area contributed by atoms with Gasteiger partial charge in [0.2, 0.25) is 0 Å². The summed E-state index contributed by atoms with van der Waals surface area (Å²) in [5.41, 5.74) is 1.20. The maximum absolute atomic E-state index is 12.5. The minimum absolute atomic E-state index is 0.116. The fourth-order valence-corrected chi connectivity index (χ4v) is 3.26. The van der Waals surface area contributed by atoms with Gasteiger partial charge in [0.15, 0.2) is 0 Å². The van der Waals surface area contributed by atoms with Crippen molar-refractivity contribution in [3.05, 3.63) is 56.2 Å². The minimum Gasteiger partial charge on any atom is -0.360 e. The molecule has 6 nitrogen and oxygen atoms in total. The largest absolute Gasteiger partial charge is 0.371 e. The van der Waals surface area contributed by atoms with Crippen molar-refractivity contribution >= 4 is 46.2 Å². The molecular weight excluding hydrogens is 385 g/mol. The molecule has 2 heterocycles. The van der Waals surface area contributed by atoms with Gasteiger partial charge in [-0.25, -0.2) is 9.78 Å². The van der Waals surface area contributed by atoms with Gasteiger partial charge < -0.3 is 9.36 Å². The SMILES string of the molecule is C/C(=N/OC(=O)c1c(-c2c(Cl)cccc2Cl)noc1C)c1nccs1. The number of aromatic nitrogens is 2.